The van der Waals surface area contributed by atoms with Gasteiger partial charge in [-0.2, -0.15) is 0 Å². The average Bonchev–Trinajstić information content (AvgIpc) is 2.05. The van der Waals surface area contributed by atoms with Gasteiger partial charge >= 0.3 is 0 Å². The number of ketones is 2. The van der Waals surface area contributed by atoms with E-state index in [0.717, 1.165) is 5.57 Å². The smallest absolute Gasteiger partial charge is 0.155 e. The van der Waals surface area contributed by atoms with Crippen LogP contribution in [0, 0.1) is 0 Å². The summed E-state index contributed by atoms with van der Waals surface area (Å²) in [7, 11) is 0. The summed E-state index contributed by atoms with van der Waals surface area (Å²) in [6.07, 6.45) is 0.394. The van der Waals surface area contributed by atoms with E-state index in [2.05, 4.69) is 0 Å². The SMILES string of the molecule is CC.CC(=O)C/C(C)=C(/C)C(C)=O. The van der Waals surface area contributed by atoms with Gasteiger partial charge in [0.2, 0.25) is 0 Å². The number of Topliss-reactive ketones (excluding diaryl/α,β-unsaturated/α-hetero) is 2. The number of hydrogen-bond acceptors (Lipinski definition) is 2. The second kappa shape index (κ2) is 7.71. The molecule has 0 aliphatic carbocycles. The molecule has 0 atom stereocenters. The normalized spacial score (nSPS) is 10.9. The Balaban J connectivity index is 0. The molecular weight excluding hydrogens is 164 g/mol. The maximum Gasteiger partial charge on any atom is 0.155 e. The van der Waals surface area contributed by atoms with E-state index in [4.69, 9.17) is 0 Å². The first-order valence-corrected chi connectivity index (χ1v) is 4.62. The second-order valence-electron chi connectivity index (χ2n) is 2.84. The second-order valence-corrected chi connectivity index (χ2v) is 2.84. The molecule has 0 spiro atoms. The van der Waals surface area contributed by atoms with Crippen molar-refractivity contribution in [3.63, 3.8) is 0 Å². The molecule has 0 saturated heterocycles. The Morgan fingerprint density at radius 3 is 1.54 bits per heavy atom. The van der Waals surface area contributed by atoms with Gasteiger partial charge in [0.15, 0.2) is 5.78 Å². The van der Waals surface area contributed by atoms with Crippen molar-refractivity contribution in [1.82, 2.24) is 0 Å². The minimum atomic E-state index is 0.0451. The molecule has 0 amide bonds. The van der Waals surface area contributed by atoms with Gasteiger partial charge in [0.1, 0.15) is 5.78 Å². The summed E-state index contributed by atoms with van der Waals surface area (Å²) < 4.78 is 0. The Morgan fingerprint density at radius 1 is 0.923 bits per heavy atom. The largest absolute Gasteiger partial charge is 0.300 e. The molecule has 0 bridgehead atoms. The highest BCUT2D eigenvalue weighted by atomic mass is 16.1. The molecule has 0 unspecified atom stereocenters. The summed E-state index contributed by atoms with van der Waals surface area (Å²) in [5.41, 5.74) is 1.59. The Hall–Kier alpha value is -0.920. The zero-order valence-corrected chi connectivity index (χ0v) is 9.52. The van der Waals surface area contributed by atoms with Crippen molar-refractivity contribution in [3.8, 4) is 0 Å². The van der Waals surface area contributed by atoms with Crippen molar-refractivity contribution in [2.24, 2.45) is 0 Å². The third-order valence-electron chi connectivity index (χ3n) is 1.68. The summed E-state index contributed by atoms with van der Waals surface area (Å²) in [4.78, 5) is 21.4. The Kier molecular flexibility index (Phi) is 8.66. The Bertz CT molecular complexity index is 212. The fraction of sp³-hybridized carbons (Fsp3) is 0.636. The lowest BCUT2D eigenvalue weighted by Crippen LogP contribution is -1.99. The molecular formula is C11H20O2. The maximum absolute atomic E-state index is 10.8. The van der Waals surface area contributed by atoms with Gasteiger partial charge < -0.3 is 0 Å². The molecule has 0 N–H and O–H groups in total. The highest BCUT2D eigenvalue weighted by molar-refractivity contribution is 5.94. The predicted octanol–water partition coefficient (Wildman–Crippen LogP) is 2.92. The van der Waals surface area contributed by atoms with Crippen LogP contribution in [-0.4, -0.2) is 11.6 Å². The van der Waals surface area contributed by atoms with Crippen LogP contribution >= 0.6 is 0 Å². The van der Waals surface area contributed by atoms with E-state index < -0.39 is 0 Å². The van der Waals surface area contributed by atoms with Gasteiger partial charge in [0.05, 0.1) is 0 Å². The van der Waals surface area contributed by atoms with Gasteiger partial charge in [0.25, 0.3) is 0 Å². The molecule has 0 aliphatic rings. The van der Waals surface area contributed by atoms with Crippen LogP contribution < -0.4 is 0 Å². The highest BCUT2D eigenvalue weighted by Gasteiger charge is 2.03. The molecule has 2 heteroatoms. The van der Waals surface area contributed by atoms with Crippen molar-refractivity contribution < 1.29 is 9.59 Å². The fourth-order valence-corrected chi connectivity index (χ4v) is 0.807. The van der Waals surface area contributed by atoms with Crippen molar-refractivity contribution in [3.05, 3.63) is 11.1 Å². The third kappa shape index (κ3) is 7.44. The van der Waals surface area contributed by atoms with Crippen LogP contribution in [0.3, 0.4) is 0 Å². The zero-order valence-electron chi connectivity index (χ0n) is 9.52. The quantitative estimate of drug-likeness (QED) is 0.632. The molecule has 0 aromatic carbocycles. The van der Waals surface area contributed by atoms with E-state index in [1.807, 2.05) is 20.8 Å². The van der Waals surface area contributed by atoms with Crippen molar-refractivity contribution in [1.29, 1.82) is 0 Å². The monoisotopic (exact) mass is 184 g/mol. The van der Waals surface area contributed by atoms with Crippen LogP contribution in [-0.2, 0) is 9.59 Å². The molecule has 0 aliphatic heterocycles. The first-order valence-electron chi connectivity index (χ1n) is 4.62. The first kappa shape index (κ1) is 14.6. The Labute approximate surface area is 81.0 Å². The standard InChI is InChI=1S/C9H14O2.C2H6/c1-6(5-7(2)10)8(3)9(4)11;1-2/h5H2,1-4H3;1-2H3/b8-6-;. The lowest BCUT2D eigenvalue weighted by atomic mass is 10.0. The van der Waals surface area contributed by atoms with E-state index in [1.54, 1.807) is 6.92 Å². The highest BCUT2D eigenvalue weighted by Crippen LogP contribution is 2.08. The van der Waals surface area contributed by atoms with Gasteiger partial charge in [-0.3, -0.25) is 9.59 Å². The summed E-state index contributed by atoms with van der Waals surface area (Å²) in [6.45, 7) is 10.6. The number of carbonyl (C=O) groups is 2. The molecule has 0 fully saturated rings. The van der Waals surface area contributed by atoms with Crippen molar-refractivity contribution in [2.75, 3.05) is 0 Å². The van der Waals surface area contributed by atoms with Gasteiger partial charge in [-0.15, -0.1) is 0 Å². The molecule has 2 nitrogen and oxygen atoms in total. The third-order valence-corrected chi connectivity index (χ3v) is 1.68. The summed E-state index contributed by atoms with van der Waals surface area (Å²) in [6, 6.07) is 0. The molecule has 0 aromatic heterocycles. The van der Waals surface area contributed by atoms with Gasteiger partial charge in [0, 0.05) is 6.42 Å². The lowest BCUT2D eigenvalue weighted by Gasteiger charge is -2.00. The molecule has 0 rings (SSSR count). The summed E-state index contributed by atoms with van der Waals surface area (Å²) >= 11 is 0. The summed E-state index contributed by atoms with van der Waals surface area (Å²) in [5, 5.41) is 0. The van der Waals surface area contributed by atoms with E-state index in [0.29, 0.717) is 12.0 Å². The van der Waals surface area contributed by atoms with Crippen LogP contribution in [0.5, 0.6) is 0 Å². The van der Waals surface area contributed by atoms with Crippen LogP contribution in [0.1, 0.15) is 48.0 Å². The van der Waals surface area contributed by atoms with E-state index >= 15 is 0 Å². The topological polar surface area (TPSA) is 34.1 Å². The van der Waals surface area contributed by atoms with E-state index in [9.17, 15) is 9.59 Å². The molecule has 13 heavy (non-hydrogen) atoms. The lowest BCUT2D eigenvalue weighted by molar-refractivity contribution is -0.116. The average molecular weight is 184 g/mol. The molecule has 0 aromatic rings. The van der Waals surface area contributed by atoms with Crippen LogP contribution in [0.4, 0.5) is 0 Å². The predicted molar refractivity (Wildman–Crippen MR) is 55.7 cm³/mol. The maximum atomic E-state index is 10.8. The molecule has 0 heterocycles. The molecule has 76 valence electrons. The van der Waals surface area contributed by atoms with Crippen molar-refractivity contribution >= 4 is 11.6 Å². The minimum Gasteiger partial charge on any atom is -0.300 e. The number of carbonyl (C=O) groups excluding carboxylic acids is 2. The number of rotatable bonds is 3. The van der Waals surface area contributed by atoms with Crippen molar-refractivity contribution in [2.45, 2.75) is 48.0 Å². The van der Waals surface area contributed by atoms with Crippen LogP contribution in [0.2, 0.25) is 0 Å². The fourth-order valence-electron chi connectivity index (χ4n) is 0.807. The van der Waals surface area contributed by atoms with Gasteiger partial charge in [-0.1, -0.05) is 19.4 Å². The molecule has 0 radical (unpaired) electrons. The van der Waals surface area contributed by atoms with E-state index in [-0.39, 0.29) is 11.6 Å². The minimum absolute atomic E-state index is 0.0451. The van der Waals surface area contributed by atoms with Crippen LogP contribution in [0.15, 0.2) is 11.1 Å². The van der Waals surface area contributed by atoms with Crippen LogP contribution in [0.25, 0.3) is 0 Å². The zero-order chi connectivity index (χ0) is 11.0. The summed E-state index contributed by atoms with van der Waals surface area (Å²) in [5.74, 6) is 0.145. The van der Waals surface area contributed by atoms with Gasteiger partial charge in [-0.25, -0.2) is 0 Å². The Morgan fingerprint density at radius 2 is 1.31 bits per heavy atom. The number of allylic oxidation sites excluding steroid dienone is 2. The molecule has 0 saturated carbocycles. The van der Waals surface area contributed by atoms with Gasteiger partial charge in [-0.05, 0) is 33.3 Å². The van der Waals surface area contributed by atoms with E-state index in [1.165, 1.54) is 13.8 Å². The number of hydrogen-bond donors (Lipinski definition) is 0. The first-order chi connectivity index (χ1) is 5.95.